The first kappa shape index (κ1) is 14.8. The van der Waals surface area contributed by atoms with Crippen LogP contribution in [0.5, 0.6) is 0 Å². The van der Waals surface area contributed by atoms with Gasteiger partial charge in [0.2, 0.25) is 0 Å². The zero-order valence-electron chi connectivity index (χ0n) is 10.5. The first-order chi connectivity index (χ1) is 9.99. The number of benzene rings is 2. The summed E-state index contributed by atoms with van der Waals surface area (Å²) < 4.78 is 26.1. The summed E-state index contributed by atoms with van der Waals surface area (Å²) in [6, 6.07) is 8.26. The van der Waals surface area contributed by atoms with Gasteiger partial charge in [0.25, 0.3) is 0 Å². The molecule has 4 nitrogen and oxygen atoms in total. The van der Waals surface area contributed by atoms with E-state index in [1.165, 1.54) is 18.2 Å². The van der Waals surface area contributed by atoms with Crippen molar-refractivity contribution in [1.82, 2.24) is 0 Å². The highest BCUT2D eigenvalue weighted by Crippen LogP contribution is 2.21. The predicted molar refractivity (Wildman–Crippen MR) is 75.2 cm³/mol. The van der Waals surface area contributed by atoms with Gasteiger partial charge in [-0.2, -0.15) is 5.26 Å². The van der Waals surface area contributed by atoms with Crippen molar-refractivity contribution in [1.29, 1.82) is 5.26 Å². The van der Waals surface area contributed by atoms with Gasteiger partial charge in [-0.1, -0.05) is 11.6 Å². The molecule has 2 rings (SSSR count). The second-order valence-corrected chi connectivity index (χ2v) is 4.42. The number of rotatable bonds is 2. The summed E-state index contributed by atoms with van der Waals surface area (Å²) in [5, 5.41) is 13.6. The zero-order valence-corrected chi connectivity index (χ0v) is 11.2. The van der Waals surface area contributed by atoms with E-state index >= 15 is 0 Å². The third-order valence-electron chi connectivity index (χ3n) is 2.53. The number of amides is 2. The van der Waals surface area contributed by atoms with Gasteiger partial charge in [0.05, 0.1) is 16.3 Å². The number of anilines is 2. The fourth-order valence-electron chi connectivity index (χ4n) is 1.56. The molecule has 0 aliphatic heterocycles. The van der Waals surface area contributed by atoms with Crippen molar-refractivity contribution in [3.05, 3.63) is 58.6 Å². The molecule has 2 amide bonds. The van der Waals surface area contributed by atoms with Crippen molar-refractivity contribution in [3.63, 3.8) is 0 Å². The minimum Gasteiger partial charge on any atom is -0.308 e. The number of hydrogen-bond acceptors (Lipinski definition) is 2. The van der Waals surface area contributed by atoms with Crippen molar-refractivity contribution in [3.8, 4) is 6.07 Å². The van der Waals surface area contributed by atoms with E-state index < -0.39 is 17.7 Å². The summed E-state index contributed by atoms with van der Waals surface area (Å²) in [7, 11) is 0. The van der Waals surface area contributed by atoms with Crippen molar-refractivity contribution in [2.45, 2.75) is 0 Å². The van der Waals surface area contributed by atoms with Crippen molar-refractivity contribution in [2.24, 2.45) is 0 Å². The van der Waals surface area contributed by atoms with Crippen LogP contribution in [0.4, 0.5) is 25.0 Å². The number of carbonyl (C=O) groups is 1. The molecule has 2 N–H and O–H groups in total. The van der Waals surface area contributed by atoms with Crippen LogP contribution in [-0.4, -0.2) is 6.03 Å². The quantitative estimate of drug-likeness (QED) is 0.876. The molecule has 2 aromatic rings. The highest BCUT2D eigenvalue weighted by Gasteiger charge is 2.09. The predicted octanol–water partition coefficient (Wildman–Crippen LogP) is 4.13. The largest absolute Gasteiger partial charge is 0.323 e. The van der Waals surface area contributed by atoms with Crippen LogP contribution < -0.4 is 10.6 Å². The van der Waals surface area contributed by atoms with Crippen molar-refractivity contribution < 1.29 is 13.6 Å². The van der Waals surface area contributed by atoms with Gasteiger partial charge in [0.15, 0.2) is 0 Å². The Balaban J connectivity index is 2.08. The lowest BCUT2D eigenvalue weighted by Crippen LogP contribution is -2.20. The van der Waals surface area contributed by atoms with Crippen LogP contribution in [0, 0.1) is 23.0 Å². The molecule has 0 aromatic heterocycles. The topological polar surface area (TPSA) is 64.9 Å². The summed E-state index contributed by atoms with van der Waals surface area (Å²) in [6.45, 7) is 0. The Kier molecular flexibility index (Phi) is 4.36. The Labute approximate surface area is 124 Å². The molecule has 0 bridgehead atoms. The van der Waals surface area contributed by atoms with E-state index in [-0.39, 0.29) is 16.3 Å². The standard InChI is InChI=1S/C14H8ClF2N3O/c15-11-6-10(3-1-8(11)7-18)19-14(21)20-13-4-2-9(16)5-12(13)17/h1-6H,(H2,19,20,21). The van der Waals surface area contributed by atoms with Crippen molar-refractivity contribution in [2.75, 3.05) is 10.6 Å². The number of carbonyl (C=O) groups excluding carboxylic acids is 1. The number of halogens is 3. The average Bonchev–Trinajstić information content (AvgIpc) is 2.42. The Morgan fingerprint density at radius 1 is 1.14 bits per heavy atom. The Hall–Kier alpha value is -2.65. The van der Waals surface area contributed by atoms with Crippen LogP contribution in [0.3, 0.4) is 0 Å². The number of nitrogens with one attached hydrogen (secondary N) is 2. The third kappa shape index (κ3) is 3.68. The number of hydrogen-bond donors (Lipinski definition) is 2. The highest BCUT2D eigenvalue weighted by molar-refractivity contribution is 6.32. The van der Waals surface area contributed by atoms with Gasteiger partial charge in [0.1, 0.15) is 17.7 Å². The fourth-order valence-corrected chi connectivity index (χ4v) is 1.78. The maximum Gasteiger partial charge on any atom is 0.323 e. The summed E-state index contributed by atoms with van der Waals surface area (Å²) >= 11 is 5.82. The smallest absolute Gasteiger partial charge is 0.308 e. The van der Waals surface area contributed by atoms with E-state index in [4.69, 9.17) is 16.9 Å². The SMILES string of the molecule is N#Cc1ccc(NC(=O)Nc2ccc(F)cc2F)cc1Cl. The molecule has 7 heteroatoms. The number of urea groups is 1. The van der Waals surface area contributed by atoms with Crippen LogP contribution in [0.25, 0.3) is 0 Å². The lowest BCUT2D eigenvalue weighted by Gasteiger charge is -2.09. The first-order valence-electron chi connectivity index (χ1n) is 5.72. The Bertz CT molecular complexity index is 743. The number of nitrogens with zero attached hydrogens (tertiary/aromatic N) is 1. The van der Waals surface area contributed by atoms with Gasteiger partial charge in [-0.3, -0.25) is 0 Å². The molecule has 0 spiro atoms. The van der Waals surface area contributed by atoms with Crippen LogP contribution >= 0.6 is 11.6 Å². The highest BCUT2D eigenvalue weighted by atomic mass is 35.5. The molecule has 0 radical (unpaired) electrons. The molecular weight excluding hydrogens is 300 g/mol. The van der Waals surface area contributed by atoms with Crippen LogP contribution in [-0.2, 0) is 0 Å². The van der Waals surface area contributed by atoms with Gasteiger partial charge in [-0.15, -0.1) is 0 Å². The molecule has 0 aliphatic carbocycles. The van der Waals surface area contributed by atoms with Gasteiger partial charge >= 0.3 is 6.03 Å². The molecule has 0 aliphatic rings. The van der Waals surface area contributed by atoms with Crippen LogP contribution in [0.15, 0.2) is 36.4 Å². The maximum atomic E-state index is 13.4. The molecule has 0 fully saturated rings. The van der Waals surface area contributed by atoms with E-state index in [1.54, 1.807) is 0 Å². The molecule has 0 atom stereocenters. The fraction of sp³-hybridized carbons (Fsp3) is 0. The Morgan fingerprint density at radius 2 is 1.90 bits per heavy atom. The first-order valence-corrected chi connectivity index (χ1v) is 6.10. The Morgan fingerprint density at radius 3 is 2.52 bits per heavy atom. The summed E-state index contributed by atoms with van der Waals surface area (Å²) in [5.41, 5.74) is 0.444. The number of nitriles is 1. The molecule has 0 unspecified atom stereocenters. The second kappa shape index (κ2) is 6.20. The van der Waals surface area contributed by atoms with Crippen LogP contribution in [0.1, 0.15) is 5.56 Å². The lowest BCUT2D eigenvalue weighted by atomic mass is 10.2. The zero-order chi connectivity index (χ0) is 15.4. The molecule has 21 heavy (non-hydrogen) atoms. The second-order valence-electron chi connectivity index (χ2n) is 4.01. The molecule has 0 saturated heterocycles. The van der Waals surface area contributed by atoms with E-state index in [1.807, 2.05) is 6.07 Å². The van der Waals surface area contributed by atoms with Crippen LogP contribution in [0.2, 0.25) is 5.02 Å². The van der Waals surface area contributed by atoms with Gasteiger partial charge in [0, 0.05) is 11.8 Å². The van der Waals surface area contributed by atoms with E-state index in [0.717, 1.165) is 12.1 Å². The summed E-state index contributed by atoms with van der Waals surface area (Å²) in [5.74, 6) is -1.62. The van der Waals surface area contributed by atoms with E-state index in [2.05, 4.69) is 10.6 Å². The third-order valence-corrected chi connectivity index (χ3v) is 2.84. The summed E-state index contributed by atoms with van der Waals surface area (Å²) in [4.78, 5) is 11.7. The molecule has 106 valence electrons. The maximum absolute atomic E-state index is 13.4. The van der Waals surface area contributed by atoms with Gasteiger partial charge < -0.3 is 10.6 Å². The van der Waals surface area contributed by atoms with Gasteiger partial charge in [-0.25, -0.2) is 13.6 Å². The molecule has 2 aromatic carbocycles. The molecular formula is C14H8ClF2N3O. The minimum atomic E-state index is -0.886. The summed E-state index contributed by atoms with van der Waals surface area (Å²) in [6.07, 6.45) is 0. The molecule has 0 saturated carbocycles. The lowest BCUT2D eigenvalue weighted by molar-refractivity contribution is 0.262. The average molecular weight is 308 g/mol. The monoisotopic (exact) mass is 307 g/mol. The molecule has 0 heterocycles. The normalized spacial score (nSPS) is 9.81. The van der Waals surface area contributed by atoms with Crippen molar-refractivity contribution >= 4 is 29.0 Å². The minimum absolute atomic E-state index is 0.159. The van der Waals surface area contributed by atoms with Gasteiger partial charge in [-0.05, 0) is 30.3 Å². The van der Waals surface area contributed by atoms with E-state index in [0.29, 0.717) is 11.8 Å². The van der Waals surface area contributed by atoms with E-state index in [9.17, 15) is 13.6 Å².